The van der Waals surface area contributed by atoms with Crippen LogP contribution in [-0.2, 0) is 28.0 Å². The summed E-state index contributed by atoms with van der Waals surface area (Å²) in [5.74, 6) is -0.330. The lowest BCUT2D eigenvalue weighted by Crippen LogP contribution is -2.53. The largest absolute Gasteiger partial charge is 0.484 e. The molecule has 38 heavy (non-hydrogen) atoms. The topological polar surface area (TPSA) is 58.6 Å². The summed E-state index contributed by atoms with van der Waals surface area (Å²) in [6.45, 7) is 10.3. The van der Waals surface area contributed by atoms with Gasteiger partial charge in [-0.05, 0) is 59.7 Å². The molecule has 2 atom stereocenters. The van der Waals surface area contributed by atoms with E-state index in [1.54, 1.807) is 17.0 Å². The maximum atomic E-state index is 13.7. The van der Waals surface area contributed by atoms with Gasteiger partial charge in [-0.2, -0.15) is 0 Å². The molecule has 0 unspecified atom stereocenters. The number of halogens is 1. The second kappa shape index (κ2) is 13.2. The highest BCUT2D eigenvalue weighted by Crippen LogP contribution is 2.24. The highest BCUT2D eigenvalue weighted by Gasteiger charge is 2.31. The molecule has 0 fully saturated rings. The fourth-order valence-electron chi connectivity index (χ4n) is 4.06. The summed E-state index contributed by atoms with van der Waals surface area (Å²) >= 11 is 0. The van der Waals surface area contributed by atoms with E-state index >= 15 is 0 Å². The highest BCUT2D eigenvalue weighted by atomic mass is 19.1. The van der Waals surface area contributed by atoms with Crippen LogP contribution in [0.25, 0.3) is 0 Å². The molecule has 0 bridgehead atoms. The first-order valence-corrected chi connectivity index (χ1v) is 13.2. The van der Waals surface area contributed by atoms with Crippen molar-refractivity contribution in [2.24, 2.45) is 0 Å². The van der Waals surface area contributed by atoms with Gasteiger partial charge in [0, 0.05) is 19.0 Å². The molecule has 0 aliphatic heterocycles. The van der Waals surface area contributed by atoms with Gasteiger partial charge < -0.3 is 15.0 Å². The van der Waals surface area contributed by atoms with Crippen LogP contribution >= 0.6 is 0 Å². The molecule has 202 valence electrons. The second-order valence-electron chi connectivity index (χ2n) is 10.7. The van der Waals surface area contributed by atoms with E-state index in [9.17, 15) is 14.0 Å². The monoisotopic (exact) mass is 518 g/mol. The van der Waals surface area contributed by atoms with Gasteiger partial charge in [-0.3, -0.25) is 9.59 Å². The summed E-state index contributed by atoms with van der Waals surface area (Å²) in [5.41, 5.74) is 2.84. The predicted molar refractivity (Wildman–Crippen MR) is 149 cm³/mol. The molecule has 0 aliphatic carbocycles. The first-order chi connectivity index (χ1) is 18.1. The lowest BCUT2D eigenvalue weighted by molar-refractivity contribution is -0.143. The summed E-state index contributed by atoms with van der Waals surface area (Å²) in [6.07, 6.45) is 1.11. The Morgan fingerprint density at radius 3 is 2.13 bits per heavy atom. The Balaban J connectivity index is 1.88. The van der Waals surface area contributed by atoms with Crippen molar-refractivity contribution in [1.82, 2.24) is 10.2 Å². The van der Waals surface area contributed by atoms with Crippen LogP contribution in [0.15, 0.2) is 78.9 Å². The van der Waals surface area contributed by atoms with Gasteiger partial charge in [0.05, 0.1) is 0 Å². The zero-order valence-corrected chi connectivity index (χ0v) is 23.0. The molecule has 3 aromatic rings. The van der Waals surface area contributed by atoms with E-state index in [0.29, 0.717) is 12.2 Å². The van der Waals surface area contributed by atoms with Gasteiger partial charge >= 0.3 is 0 Å². The van der Waals surface area contributed by atoms with Gasteiger partial charge in [0.15, 0.2) is 6.61 Å². The molecule has 0 heterocycles. The Bertz CT molecular complexity index is 1170. The van der Waals surface area contributed by atoms with E-state index in [1.807, 2.05) is 68.4 Å². The number of rotatable bonds is 11. The Morgan fingerprint density at radius 1 is 0.921 bits per heavy atom. The van der Waals surface area contributed by atoms with Crippen molar-refractivity contribution in [2.45, 2.75) is 71.5 Å². The lowest BCUT2D eigenvalue weighted by Gasteiger charge is -2.32. The number of amides is 2. The van der Waals surface area contributed by atoms with E-state index in [2.05, 4.69) is 26.1 Å². The van der Waals surface area contributed by atoms with E-state index in [0.717, 1.165) is 17.5 Å². The van der Waals surface area contributed by atoms with Crippen LogP contribution in [0.5, 0.6) is 5.75 Å². The van der Waals surface area contributed by atoms with E-state index in [-0.39, 0.29) is 42.2 Å². The highest BCUT2D eigenvalue weighted by molar-refractivity contribution is 5.88. The molecule has 1 N–H and O–H groups in total. The Kier molecular flexibility index (Phi) is 10.1. The smallest absolute Gasteiger partial charge is 0.261 e. The number of benzene rings is 3. The number of hydrogen-bond acceptors (Lipinski definition) is 3. The molecule has 5 nitrogen and oxygen atoms in total. The first kappa shape index (κ1) is 28.9. The molecule has 0 saturated carbocycles. The average molecular weight is 519 g/mol. The van der Waals surface area contributed by atoms with Crippen molar-refractivity contribution in [1.29, 1.82) is 0 Å². The fourth-order valence-corrected chi connectivity index (χ4v) is 4.06. The summed E-state index contributed by atoms with van der Waals surface area (Å²) in [7, 11) is 0. The lowest BCUT2D eigenvalue weighted by atomic mass is 9.87. The predicted octanol–water partition coefficient (Wildman–Crippen LogP) is 6.06. The molecular formula is C32H39FN2O3. The number of nitrogens with zero attached hydrogens (tertiary/aromatic N) is 1. The van der Waals surface area contributed by atoms with E-state index < -0.39 is 6.04 Å². The van der Waals surface area contributed by atoms with E-state index in [1.165, 1.54) is 17.7 Å². The molecule has 0 aliphatic rings. The van der Waals surface area contributed by atoms with Gasteiger partial charge in [-0.15, -0.1) is 0 Å². The SMILES string of the molecule is CC[C@@H](C)NC(=O)[C@H](Cc1ccccc1)N(Cc1ccc(F)cc1)C(=O)COc1ccc(C(C)(C)C)cc1. The number of hydrogen-bond donors (Lipinski definition) is 1. The number of nitrogens with one attached hydrogen (secondary N) is 1. The van der Waals surface area contributed by atoms with Crippen molar-refractivity contribution in [3.63, 3.8) is 0 Å². The summed E-state index contributed by atoms with van der Waals surface area (Å²) in [6, 6.07) is 22.5. The van der Waals surface area contributed by atoms with Crippen LogP contribution in [0, 0.1) is 5.82 Å². The second-order valence-corrected chi connectivity index (χ2v) is 10.7. The Morgan fingerprint density at radius 2 is 1.55 bits per heavy atom. The number of ether oxygens (including phenoxy) is 1. The third-order valence-electron chi connectivity index (χ3n) is 6.62. The Labute approximate surface area is 226 Å². The van der Waals surface area contributed by atoms with Crippen molar-refractivity contribution < 1.29 is 18.7 Å². The minimum absolute atomic E-state index is 0.00789. The third-order valence-corrected chi connectivity index (χ3v) is 6.62. The van der Waals surface area contributed by atoms with Gasteiger partial charge in [0.25, 0.3) is 5.91 Å². The van der Waals surface area contributed by atoms with Gasteiger partial charge in [0.2, 0.25) is 5.91 Å². The molecule has 0 saturated heterocycles. The standard InChI is InChI=1S/C32H39FN2O3/c1-6-23(2)34-31(37)29(20-24-10-8-7-9-11-24)35(21-25-12-16-27(33)17-13-25)30(36)22-38-28-18-14-26(15-19-28)32(3,4)5/h7-19,23,29H,6,20-22H2,1-5H3,(H,34,37)/t23-,29+/m1/s1. The molecule has 3 aromatic carbocycles. The quantitative estimate of drug-likeness (QED) is 0.336. The van der Waals surface area contributed by atoms with E-state index in [4.69, 9.17) is 4.74 Å². The maximum Gasteiger partial charge on any atom is 0.261 e. The Hall–Kier alpha value is -3.67. The molecule has 3 rings (SSSR count). The normalized spacial score (nSPS) is 12.9. The van der Waals surface area contributed by atoms with Crippen LogP contribution in [0.4, 0.5) is 4.39 Å². The van der Waals surface area contributed by atoms with Crippen molar-refractivity contribution >= 4 is 11.8 Å². The minimum Gasteiger partial charge on any atom is -0.484 e. The fraction of sp³-hybridized carbons (Fsp3) is 0.375. The summed E-state index contributed by atoms with van der Waals surface area (Å²) in [5, 5.41) is 3.04. The third kappa shape index (κ3) is 8.44. The molecule has 6 heteroatoms. The van der Waals surface area contributed by atoms with Crippen LogP contribution < -0.4 is 10.1 Å². The van der Waals surface area contributed by atoms with Gasteiger partial charge in [-0.25, -0.2) is 4.39 Å². The zero-order chi connectivity index (χ0) is 27.7. The van der Waals surface area contributed by atoms with Crippen molar-refractivity contribution in [3.8, 4) is 5.75 Å². The minimum atomic E-state index is -0.768. The zero-order valence-electron chi connectivity index (χ0n) is 23.0. The number of carbonyl (C=O) groups is 2. The first-order valence-electron chi connectivity index (χ1n) is 13.2. The van der Waals surface area contributed by atoms with Crippen molar-refractivity contribution in [2.75, 3.05) is 6.61 Å². The number of carbonyl (C=O) groups excluding carboxylic acids is 2. The molecule has 0 spiro atoms. The van der Waals surface area contributed by atoms with Crippen LogP contribution in [0.3, 0.4) is 0 Å². The average Bonchev–Trinajstić information content (AvgIpc) is 2.90. The molecule has 0 radical (unpaired) electrons. The van der Waals surface area contributed by atoms with Crippen LogP contribution in [0.1, 0.15) is 57.7 Å². The van der Waals surface area contributed by atoms with Crippen LogP contribution in [-0.4, -0.2) is 35.4 Å². The summed E-state index contributed by atoms with van der Waals surface area (Å²) in [4.78, 5) is 28.7. The molecule has 0 aromatic heterocycles. The van der Waals surface area contributed by atoms with Crippen LogP contribution in [0.2, 0.25) is 0 Å². The summed E-state index contributed by atoms with van der Waals surface area (Å²) < 4.78 is 19.5. The maximum absolute atomic E-state index is 13.7. The van der Waals surface area contributed by atoms with Gasteiger partial charge in [0.1, 0.15) is 17.6 Å². The van der Waals surface area contributed by atoms with Gasteiger partial charge in [-0.1, -0.05) is 82.3 Å². The molecular weight excluding hydrogens is 479 g/mol. The van der Waals surface area contributed by atoms with Crippen molar-refractivity contribution in [3.05, 3.63) is 101 Å². The molecule has 2 amide bonds.